The van der Waals surface area contributed by atoms with E-state index in [9.17, 15) is 9.18 Å². The number of hydrogen-bond acceptors (Lipinski definition) is 1. The molecule has 2 rings (SSSR count). The van der Waals surface area contributed by atoms with Crippen molar-refractivity contribution in [3.63, 3.8) is 0 Å². The summed E-state index contributed by atoms with van der Waals surface area (Å²) in [4.78, 5) is 13.9. The standard InChI is InChI=1S/C9H13BrFNO/c1-9(4-7(9)11)8(13)12-3-2-6(10)5-12/h6-7H,2-5H2,1H3. The molecule has 2 fully saturated rings. The van der Waals surface area contributed by atoms with Crippen LogP contribution in [0, 0.1) is 5.41 Å². The van der Waals surface area contributed by atoms with Crippen molar-refractivity contribution in [3.05, 3.63) is 0 Å². The number of rotatable bonds is 1. The van der Waals surface area contributed by atoms with E-state index in [1.807, 2.05) is 0 Å². The number of alkyl halides is 2. The summed E-state index contributed by atoms with van der Waals surface area (Å²) in [6.45, 7) is 3.24. The highest BCUT2D eigenvalue weighted by atomic mass is 79.9. The van der Waals surface area contributed by atoms with Crippen LogP contribution in [0.25, 0.3) is 0 Å². The van der Waals surface area contributed by atoms with Crippen molar-refractivity contribution < 1.29 is 9.18 Å². The molecule has 1 amide bonds. The van der Waals surface area contributed by atoms with Gasteiger partial charge in [0.05, 0.1) is 5.41 Å². The van der Waals surface area contributed by atoms with Gasteiger partial charge in [-0.2, -0.15) is 0 Å². The van der Waals surface area contributed by atoms with Gasteiger partial charge in [0.15, 0.2) is 0 Å². The summed E-state index contributed by atoms with van der Waals surface area (Å²) in [6, 6.07) is 0. The molecule has 0 aromatic rings. The van der Waals surface area contributed by atoms with Gasteiger partial charge in [-0.05, 0) is 19.8 Å². The highest BCUT2D eigenvalue weighted by Crippen LogP contribution is 2.49. The maximum atomic E-state index is 12.9. The molecule has 2 nitrogen and oxygen atoms in total. The lowest BCUT2D eigenvalue weighted by Crippen LogP contribution is -2.35. The normalized spacial score (nSPS) is 43.8. The molecule has 1 aliphatic carbocycles. The average molecular weight is 250 g/mol. The third-order valence-electron chi connectivity index (χ3n) is 3.04. The molecule has 3 unspecified atom stereocenters. The van der Waals surface area contributed by atoms with Gasteiger partial charge in [-0.1, -0.05) is 15.9 Å². The van der Waals surface area contributed by atoms with E-state index in [0.717, 1.165) is 19.5 Å². The van der Waals surface area contributed by atoms with Crippen LogP contribution in [0.2, 0.25) is 0 Å². The van der Waals surface area contributed by atoms with Crippen molar-refractivity contribution in [2.45, 2.75) is 30.8 Å². The molecule has 0 radical (unpaired) electrons. The molecule has 1 saturated heterocycles. The maximum absolute atomic E-state index is 12.9. The van der Waals surface area contributed by atoms with Crippen LogP contribution in [-0.2, 0) is 4.79 Å². The summed E-state index contributed by atoms with van der Waals surface area (Å²) >= 11 is 3.46. The van der Waals surface area contributed by atoms with Crippen molar-refractivity contribution >= 4 is 21.8 Å². The molecule has 3 atom stereocenters. The van der Waals surface area contributed by atoms with E-state index in [4.69, 9.17) is 0 Å². The zero-order valence-corrected chi connectivity index (χ0v) is 9.18. The van der Waals surface area contributed by atoms with E-state index >= 15 is 0 Å². The molecule has 74 valence electrons. The first-order chi connectivity index (χ1) is 6.04. The molecule has 0 bridgehead atoms. The fraction of sp³-hybridized carbons (Fsp3) is 0.889. The Morgan fingerprint density at radius 2 is 2.31 bits per heavy atom. The molecule has 0 N–H and O–H groups in total. The third kappa shape index (κ3) is 1.49. The van der Waals surface area contributed by atoms with Crippen molar-refractivity contribution in [1.82, 2.24) is 4.90 Å². The summed E-state index contributed by atoms with van der Waals surface area (Å²) in [5.74, 6) is 0.00181. The molecule has 1 saturated carbocycles. The Labute approximate surface area is 85.6 Å². The predicted molar refractivity (Wildman–Crippen MR) is 51.5 cm³/mol. The number of hydrogen-bond donors (Lipinski definition) is 0. The van der Waals surface area contributed by atoms with Crippen LogP contribution in [-0.4, -0.2) is 34.9 Å². The molecule has 13 heavy (non-hydrogen) atoms. The Kier molecular flexibility index (Phi) is 2.13. The van der Waals surface area contributed by atoms with Crippen molar-refractivity contribution in [3.8, 4) is 0 Å². The molecule has 1 aliphatic heterocycles. The Morgan fingerprint density at radius 3 is 2.69 bits per heavy atom. The van der Waals surface area contributed by atoms with Crippen molar-refractivity contribution in [2.24, 2.45) is 5.41 Å². The highest BCUT2D eigenvalue weighted by Gasteiger charge is 2.58. The quantitative estimate of drug-likeness (QED) is 0.649. The van der Waals surface area contributed by atoms with Crippen molar-refractivity contribution in [1.29, 1.82) is 0 Å². The maximum Gasteiger partial charge on any atom is 0.231 e. The number of nitrogens with zero attached hydrogens (tertiary/aromatic N) is 1. The number of amides is 1. The fourth-order valence-electron chi connectivity index (χ4n) is 1.80. The first-order valence-corrected chi connectivity index (χ1v) is 5.53. The van der Waals surface area contributed by atoms with Crippen LogP contribution in [0.1, 0.15) is 19.8 Å². The third-order valence-corrected chi connectivity index (χ3v) is 3.79. The predicted octanol–water partition coefficient (Wildman–Crippen LogP) is 1.73. The number of halogens is 2. The van der Waals surface area contributed by atoms with Gasteiger partial charge in [-0.15, -0.1) is 0 Å². The minimum absolute atomic E-state index is 0.00181. The minimum atomic E-state index is -0.908. The molecule has 4 heteroatoms. The molecule has 1 heterocycles. The van der Waals surface area contributed by atoms with E-state index in [-0.39, 0.29) is 5.91 Å². The van der Waals surface area contributed by atoms with Crippen LogP contribution >= 0.6 is 15.9 Å². The van der Waals surface area contributed by atoms with Gasteiger partial charge in [-0.3, -0.25) is 4.79 Å². The van der Waals surface area contributed by atoms with E-state index in [1.54, 1.807) is 11.8 Å². The van der Waals surface area contributed by atoms with E-state index in [2.05, 4.69) is 15.9 Å². The van der Waals surface area contributed by atoms with E-state index in [0.29, 0.717) is 11.2 Å². The van der Waals surface area contributed by atoms with Crippen LogP contribution < -0.4 is 0 Å². The summed E-state index contributed by atoms with van der Waals surface area (Å²) in [5, 5.41) is 0. The number of carbonyl (C=O) groups is 1. The summed E-state index contributed by atoms with van der Waals surface area (Å²) in [6.07, 6.45) is 0.489. The van der Waals surface area contributed by atoms with Crippen LogP contribution in [0.4, 0.5) is 4.39 Å². The van der Waals surface area contributed by atoms with Crippen LogP contribution in [0.15, 0.2) is 0 Å². The van der Waals surface area contributed by atoms with Crippen molar-refractivity contribution in [2.75, 3.05) is 13.1 Å². The molecule has 0 spiro atoms. The largest absolute Gasteiger partial charge is 0.341 e. The summed E-state index contributed by atoms with van der Waals surface area (Å²) < 4.78 is 12.9. The van der Waals surface area contributed by atoms with Crippen LogP contribution in [0.5, 0.6) is 0 Å². The molecular weight excluding hydrogens is 237 g/mol. The Hall–Kier alpha value is -0.120. The Bertz CT molecular complexity index is 248. The topological polar surface area (TPSA) is 20.3 Å². The number of likely N-dealkylation sites (tertiary alicyclic amines) is 1. The van der Waals surface area contributed by atoms with E-state index in [1.165, 1.54) is 0 Å². The zero-order valence-electron chi connectivity index (χ0n) is 7.59. The smallest absolute Gasteiger partial charge is 0.231 e. The Morgan fingerprint density at radius 1 is 1.69 bits per heavy atom. The first-order valence-electron chi connectivity index (χ1n) is 4.61. The van der Waals surface area contributed by atoms with Crippen LogP contribution in [0.3, 0.4) is 0 Å². The zero-order chi connectivity index (χ0) is 9.64. The summed E-state index contributed by atoms with van der Waals surface area (Å²) in [5.41, 5.74) is -0.683. The fourth-order valence-corrected chi connectivity index (χ4v) is 2.35. The SMILES string of the molecule is CC1(C(=O)N2CCC(Br)C2)CC1F. The second-order valence-corrected chi connectivity index (χ2v) is 5.52. The van der Waals surface area contributed by atoms with E-state index < -0.39 is 11.6 Å². The lowest BCUT2D eigenvalue weighted by atomic mass is 10.1. The van der Waals surface area contributed by atoms with Gasteiger partial charge >= 0.3 is 0 Å². The Balaban J connectivity index is 1.99. The minimum Gasteiger partial charge on any atom is -0.341 e. The summed E-state index contributed by atoms with van der Waals surface area (Å²) in [7, 11) is 0. The highest BCUT2D eigenvalue weighted by molar-refractivity contribution is 9.09. The van der Waals surface area contributed by atoms with Gasteiger partial charge in [0.25, 0.3) is 0 Å². The molecule has 0 aromatic heterocycles. The molecule has 2 aliphatic rings. The van der Waals surface area contributed by atoms with Gasteiger partial charge < -0.3 is 4.90 Å². The van der Waals surface area contributed by atoms with Gasteiger partial charge in [0.2, 0.25) is 5.91 Å². The lowest BCUT2D eigenvalue weighted by Gasteiger charge is -2.19. The molecule has 0 aromatic carbocycles. The lowest BCUT2D eigenvalue weighted by molar-refractivity contribution is -0.135. The van der Waals surface area contributed by atoms with Gasteiger partial charge in [-0.25, -0.2) is 4.39 Å². The van der Waals surface area contributed by atoms with Gasteiger partial charge in [0, 0.05) is 17.9 Å². The second-order valence-electron chi connectivity index (χ2n) is 4.23. The average Bonchev–Trinajstić information content (AvgIpc) is 2.51. The molecular formula is C9H13BrFNO. The second kappa shape index (κ2) is 2.94. The monoisotopic (exact) mass is 249 g/mol. The van der Waals surface area contributed by atoms with Gasteiger partial charge in [0.1, 0.15) is 6.17 Å². The number of carbonyl (C=O) groups excluding carboxylic acids is 1. The first kappa shape index (κ1) is 9.44.